The van der Waals surface area contributed by atoms with Gasteiger partial charge < -0.3 is 10.2 Å². The third kappa shape index (κ3) is 6.37. The van der Waals surface area contributed by atoms with Gasteiger partial charge in [-0.05, 0) is 76.5 Å². The van der Waals surface area contributed by atoms with Crippen LogP contribution in [-0.2, 0) is 10.0 Å². The molecule has 2 rings (SSSR count). The lowest BCUT2D eigenvalue weighted by Gasteiger charge is -2.26. The normalized spacial score (nSPS) is 17.0. The average Bonchev–Trinajstić information content (AvgIpc) is 2.65. The second-order valence-corrected chi connectivity index (χ2v) is 8.68. The number of carbonyl (C=O) groups is 1. The fourth-order valence-corrected chi connectivity index (χ4v) is 4.32. The number of hydrogen-bond donors (Lipinski definition) is 2. The van der Waals surface area contributed by atoms with Crippen LogP contribution >= 0.6 is 0 Å². The molecule has 1 amide bonds. The first-order valence-corrected chi connectivity index (χ1v) is 11.0. The Bertz CT molecular complexity index is 668. The van der Waals surface area contributed by atoms with Crippen LogP contribution in [0.15, 0.2) is 29.2 Å². The number of benzene rings is 1. The maximum absolute atomic E-state index is 12.2. The molecule has 1 aliphatic heterocycles. The minimum Gasteiger partial charge on any atom is -0.352 e. The molecule has 0 aliphatic carbocycles. The smallest absolute Gasteiger partial charge is 0.251 e. The Hall–Kier alpha value is -1.44. The molecule has 26 heavy (non-hydrogen) atoms. The van der Waals surface area contributed by atoms with Gasteiger partial charge in [0.15, 0.2) is 0 Å². The van der Waals surface area contributed by atoms with Crippen LogP contribution in [0.3, 0.4) is 0 Å². The van der Waals surface area contributed by atoms with Crippen molar-refractivity contribution in [3.63, 3.8) is 0 Å². The highest BCUT2D eigenvalue weighted by Crippen LogP contribution is 2.12. The molecule has 1 fully saturated rings. The molecular formula is C19H31N3O3S. The van der Waals surface area contributed by atoms with Crippen LogP contribution in [0, 0.1) is 0 Å². The molecule has 6 nitrogen and oxygen atoms in total. The molecule has 0 bridgehead atoms. The van der Waals surface area contributed by atoms with E-state index in [1.165, 1.54) is 31.4 Å². The summed E-state index contributed by atoms with van der Waals surface area (Å²) >= 11 is 0. The topological polar surface area (TPSA) is 78.5 Å². The highest BCUT2D eigenvalue weighted by Gasteiger charge is 2.17. The molecule has 1 saturated heterocycles. The number of nitrogens with zero attached hydrogens (tertiary/aromatic N) is 1. The van der Waals surface area contributed by atoms with Gasteiger partial charge in [-0.2, -0.15) is 0 Å². The fourth-order valence-electron chi connectivity index (χ4n) is 2.99. The van der Waals surface area contributed by atoms with Gasteiger partial charge in [0.05, 0.1) is 4.90 Å². The van der Waals surface area contributed by atoms with Gasteiger partial charge in [0.2, 0.25) is 10.0 Å². The lowest BCUT2D eigenvalue weighted by Crippen LogP contribution is -2.33. The Morgan fingerprint density at radius 3 is 2.42 bits per heavy atom. The first-order valence-electron chi connectivity index (χ1n) is 9.55. The average molecular weight is 382 g/mol. The molecule has 0 saturated carbocycles. The van der Waals surface area contributed by atoms with Crippen molar-refractivity contribution in [2.45, 2.75) is 56.9 Å². The van der Waals surface area contributed by atoms with E-state index in [-0.39, 0.29) is 16.8 Å². The number of nitrogens with one attached hydrogen (secondary N) is 2. The molecule has 7 heteroatoms. The maximum Gasteiger partial charge on any atom is 0.251 e. The first kappa shape index (κ1) is 20.9. The Morgan fingerprint density at radius 1 is 1.15 bits per heavy atom. The second kappa shape index (κ2) is 10.0. The molecule has 1 heterocycles. The van der Waals surface area contributed by atoms with E-state index in [9.17, 15) is 13.2 Å². The van der Waals surface area contributed by atoms with Crippen LogP contribution in [0.4, 0.5) is 0 Å². The summed E-state index contributed by atoms with van der Waals surface area (Å²) in [5, 5.41) is 2.91. The zero-order valence-corrected chi connectivity index (χ0v) is 16.6. The molecule has 1 aromatic rings. The molecule has 2 N–H and O–H groups in total. The summed E-state index contributed by atoms with van der Waals surface area (Å²) in [6, 6.07) is 5.96. The molecule has 1 atom stereocenters. The number of hydrogen-bond acceptors (Lipinski definition) is 4. The summed E-state index contributed by atoms with van der Waals surface area (Å²) in [5.41, 5.74) is 0.477. The van der Waals surface area contributed by atoms with Crippen LogP contribution in [0.25, 0.3) is 0 Å². The van der Waals surface area contributed by atoms with Crippen LogP contribution < -0.4 is 10.0 Å². The van der Waals surface area contributed by atoms with Gasteiger partial charge in [-0.1, -0.05) is 13.3 Å². The number of rotatable bonds is 9. The summed E-state index contributed by atoms with van der Waals surface area (Å²) in [6.45, 7) is 7.71. The summed E-state index contributed by atoms with van der Waals surface area (Å²) in [6.07, 6.45) is 5.51. The van der Waals surface area contributed by atoms with Gasteiger partial charge in [-0.25, -0.2) is 13.1 Å². The predicted octanol–water partition coefficient (Wildman–Crippen LogP) is 2.37. The van der Waals surface area contributed by atoms with Crippen LogP contribution in [0.2, 0.25) is 0 Å². The largest absolute Gasteiger partial charge is 0.352 e. The minimum atomic E-state index is -3.53. The van der Waals surface area contributed by atoms with Crippen molar-refractivity contribution >= 4 is 15.9 Å². The Balaban J connectivity index is 1.80. The van der Waals surface area contributed by atoms with E-state index in [0.29, 0.717) is 12.1 Å². The van der Waals surface area contributed by atoms with E-state index < -0.39 is 10.0 Å². The van der Waals surface area contributed by atoms with Gasteiger partial charge in [-0.15, -0.1) is 0 Å². The van der Waals surface area contributed by atoms with E-state index in [0.717, 1.165) is 32.5 Å². The summed E-state index contributed by atoms with van der Waals surface area (Å²) < 4.78 is 27.1. The number of piperidine rings is 1. The van der Waals surface area contributed by atoms with Crippen molar-refractivity contribution in [1.82, 2.24) is 14.9 Å². The van der Waals surface area contributed by atoms with Crippen molar-refractivity contribution in [3.05, 3.63) is 29.8 Å². The Labute approximate surface area is 157 Å². The zero-order chi connectivity index (χ0) is 19.0. The lowest BCUT2D eigenvalue weighted by atomic mass is 10.1. The summed E-state index contributed by atoms with van der Waals surface area (Å²) in [7, 11) is -3.53. The van der Waals surface area contributed by atoms with E-state index in [4.69, 9.17) is 0 Å². The van der Waals surface area contributed by atoms with Gasteiger partial charge in [-0.3, -0.25) is 4.79 Å². The standard InChI is InChI=1S/C19H31N3O3S/c1-3-16(2)21-26(24,25)18-10-8-17(9-11-18)19(23)20-12-7-15-22-13-5-4-6-14-22/h8-11,16,21H,3-7,12-15H2,1-2H3,(H,20,23). The monoisotopic (exact) mass is 381 g/mol. The van der Waals surface area contributed by atoms with Crippen molar-refractivity contribution < 1.29 is 13.2 Å². The van der Waals surface area contributed by atoms with Gasteiger partial charge in [0, 0.05) is 18.2 Å². The molecule has 0 aromatic heterocycles. The van der Waals surface area contributed by atoms with Crippen molar-refractivity contribution in [3.8, 4) is 0 Å². The third-order valence-electron chi connectivity index (χ3n) is 4.78. The zero-order valence-electron chi connectivity index (χ0n) is 15.8. The van der Waals surface area contributed by atoms with Crippen LogP contribution in [0.5, 0.6) is 0 Å². The van der Waals surface area contributed by atoms with Crippen LogP contribution in [0.1, 0.15) is 56.3 Å². The Morgan fingerprint density at radius 2 is 1.81 bits per heavy atom. The molecule has 1 aliphatic rings. The number of sulfonamides is 1. The van der Waals surface area contributed by atoms with Crippen LogP contribution in [-0.4, -0.2) is 51.4 Å². The van der Waals surface area contributed by atoms with Crippen molar-refractivity contribution in [2.75, 3.05) is 26.2 Å². The molecule has 1 aromatic carbocycles. The summed E-state index contributed by atoms with van der Waals surface area (Å²) in [5.74, 6) is -0.164. The molecule has 0 spiro atoms. The van der Waals surface area contributed by atoms with Crippen molar-refractivity contribution in [2.24, 2.45) is 0 Å². The highest BCUT2D eigenvalue weighted by molar-refractivity contribution is 7.89. The van der Waals surface area contributed by atoms with Gasteiger partial charge >= 0.3 is 0 Å². The van der Waals surface area contributed by atoms with Crippen molar-refractivity contribution in [1.29, 1.82) is 0 Å². The fraction of sp³-hybridized carbons (Fsp3) is 0.632. The van der Waals surface area contributed by atoms with Gasteiger partial charge in [0.25, 0.3) is 5.91 Å². The third-order valence-corrected chi connectivity index (χ3v) is 6.39. The SMILES string of the molecule is CCC(C)NS(=O)(=O)c1ccc(C(=O)NCCCN2CCCCC2)cc1. The van der Waals surface area contributed by atoms with E-state index >= 15 is 0 Å². The van der Waals surface area contributed by atoms with E-state index in [2.05, 4.69) is 14.9 Å². The van der Waals surface area contributed by atoms with E-state index in [1.54, 1.807) is 12.1 Å². The maximum atomic E-state index is 12.2. The predicted molar refractivity (Wildman–Crippen MR) is 104 cm³/mol. The number of carbonyl (C=O) groups excluding carboxylic acids is 1. The lowest BCUT2D eigenvalue weighted by molar-refractivity contribution is 0.0951. The number of amides is 1. The highest BCUT2D eigenvalue weighted by atomic mass is 32.2. The molecule has 0 radical (unpaired) electrons. The quantitative estimate of drug-likeness (QED) is 0.644. The first-order chi connectivity index (χ1) is 12.4. The molecule has 1 unspecified atom stereocenters. The van der Waals surface area contributed by atoms with E-state index in [1.807, 2.05) is 13.8 Å². The number of likely N-dealkylation sites (tertiary alicyclic amines) is 1. The minimum absolute atomic E-state index is 0.122. The second-order valence-electron chi connectivity index (χ2n) is 6.97. The van der Waals surface area contributed by atoms with Gasteiger partial charge in [0.1, 0.15) is 0 Å². The molecule has 146 valence electrons. The summed E-state index contributed by atoms with van der Waals surface area (Å²) in [4.78, 5) is 14.8. The Kier molecular flexibility index (Phi) is 8.06. The molecular weight excluding hydrogens is 350 g/mol.